The van der Waals surface area contributed by atoms with E-state index in [0.717, 1.165) is 37.2 Å². The highest BCUT2D eigenvalue weighted by molar-refractivity contribution is 5.85. The fourth-order valence-electron chi connectivity index (χ4n) is 3.27. The van der Waals surface area contributed by atoms with E-state index in [2.05, 4.69) is 20.8 Å². The molecule has 1 aliphatic heterocycles. The summed E-state index contributed by atoms with van der Waals surface area (Å²) in [5.41, 5.74) is 1.50. The molecular weight excluding hydrogens is 292 g/mol. The zero-order chi connectivity index (χ0) is 16.4. The van der Waals surface area contributed by atoms with Gasteiger partial charge in [0.15, 0.2) is 0 Å². The number of hydrogen-bond donors (Lipinski definition) is 2. The normalized spacial score (nSPS) is 18.6. The number of nitrogens with one attached hydrogen (secondary N) is 2. The van der Waals surface area contributed by atoms with Crippen LogP contribution in [0.3, 0.4) is 0 Å². The fraction of sp³-hybridized carbons (Fsp3) is 0.562. The van der Waals surface area contributed by atoms with Crippen molar-refractivity contribution >= 4 is 5.91 Å². The number of piperidine rings is 1. The Morgan fingerprint density at radius 1 is 1.39 bits per heavy atom. The van der Waals surface area contributed by atoms with Gasteiger partial charge in [-0.2, -0.15) is 10.2 Å². The number of amides is 1. The van der Waals surface area contributed by atoms with Gasteiger partial charge >= 0.3 is 0 Å². The maximum atomic E-state index is 13.1. The number of aryl methyl sites for hydroxylation is 1. The predicted molar refractivity (Wildman–Crippen MR) is 86.8 cm³/mol. The van der Waals surface area contributed by atoms with Crippen molar-refractivity contribution < 1.29 is 4.79 Å². The molecule has 0 radical (unpaired) electrons. The fourth-order valence-corrected chi connectivity index (χ4v) is 3.27. The van der Waals surface area contributed by atoms with Gasteiger partial charge in [-0.05, 0) is 45.8 Å². The summed E-state index contributed by atoms with van der Waals surface area (Å²) in [6.45, 7) is 5.64. The Balaban J connectivity index is 1.83. The van der Waals surface area contributed by atoms with Crippen LogP contribution in [0.15, 0.2) is 24.7 Å². The van der Waals surface area contributed by atoms with Crippen LogP contribution in [-0.2, 0) is 17.4 Å². The highest BCUT2D eigenvalue weighted by Crippen LogP contribution is 2.28. The van der Waals surface area contributed by atoms with Crippen LogP contribution in [0.2, 0.25) is 0 Å². The van der Waals surface area contributed by atoms with Crippen molar-refractivity contribution in [1.29, 1.82) is 0 Å². The van der Waals surface area contributed by atoms with Crippen LogP contribution in [0.1, 0.15) is 37.1 Å². The average molecular weight is 316 g/mol. The van der Waals surface area contributed by atoms with Gasteiger partial charge < -0.3 is 10.6 Å². The van der Waals surface area contributed by atoms with Gasteiger partial charge in [-0.3, -0.25) is 14.2 Å². The van der Waals surface area contributed by atoms with Gasteiger partial charge in [0, 0.05) is 30.7 Å². The third-order valence-electron chi connectivity index (χ3n) is 4.88. The number of nitrogens with zero attached hydrogens (tertiary/aromatic N) is 4. The summed E-state index contributed by atoms with van der Waals surface area (Å²) in [5, 5.41) is 15.1. The van der Waals surface area contributed by atoms with Crippen LogP contribution in [-0.4, -0.2) is 38.6 Å². The van der Waals surface area contributed by atoms with Gasteiger partial charge in [-0.15, -0.1) is 0 Å². The quantitative estimate of drug-likeness (QED) is 0.878. The van der Waals surface area contributed by atoms with Gasteiger partial charge in [0.05, 0.1) is 12.2 Å². The minimum absolute atomic E-state index is 0.0263. The molecule has 0 aliphatic carbocycles. The molecule has 0 saturated carbocycles. The van der Waals surface area contributed by atoms with Crippen LogP contribution in [0.25, 0.3) is 0 Å². The SMILES string of the molecule is Cc1c(C(C)NC(=O)C2(n3cccn3)CCNCC2)cnn1C. The summed E-state index contributed by atoms with van der Waals surface area (Å²) in [6, 6.07) is 1.78. The van der Waals surface area contributed by atoms with Crippen molar-refractivity contribution in [2.24, 2.45) is 7.05 Å². The van der Waals surface area contributed by atoms with Crippen LogP contribution in [0, 0.1) is 6.92 Å². The van der Waals surface area contributed by atoms with Gasteiger partial charge in [0.2, 0.25) is 5.91 Å². The van der Waals surface area contributed by atoms with Crippen LogP contribution in [0.5, 0.6) is 0 Å². The molecule has 1 atom stereocenters. The van der Waals surface area contributed by atoms with E-state index in [0.29, 0.717) is 0 Å². The molecule has 3 rings (SSSR count). The maximum absolute atomic E-state index is 13.1. The lowest BCUT2D eigenvalue weighted by Crippen LogP contribution is -2.55. The van der Waals surface area contributed by atoms with Crippen LogP contribution < -0.4 is 10.6 Å². The highest BCUT2D eigenvalue weighted by Gasteiger charge is 2.42. The molecule has 1 saturated heterocycles. The molecule has 2 N–H and O–H groups in total. The lowest BCUT2D eigenvalue weighted by Gasteiger charge is -2.37. The molecule has 0 spiro atoms. The van der Waals surface area contributed by atoms with E-state index in [1.807, 2.05) is 48.7 Å². The summed E-state index contributed by atoms with van der Waals surface area (Å²) >= 11 is 0. The molecule has 1 fully saturated rings. The van der Waals surface area contributed by atoms with Crippen molar-refractivity contribution in [3.8, 4) is 0 Å². The molecule has 1 aliphatic rings. The molecule has 0 aromatic carbocycles. The molecule has 2 aromatic rings. The van der Waals surface area contributed by atoms with E-state index >= 15 is 0 Å². The highest BCUT2D eigenvalue weighted by atomic mass is 16.2. The molecule has 0 bridgehead atoms. The first-order valence-electron chi connectivity index (χ1n) is 8.05. The van der Waals surface area contributed by atoms with Gasteiger partial charge in [0.25, 0.3) is 0 Å². The van der Waals surface area contributed by atoms with Gasteiger partial charge in [0.1, 0.15) is 5.54 Å². The molecular formula is C16H24N6O. The molecule has 7 nitrogen and oxygen atoms in total. The summed E-state index contributed by atoms with van der Waals surface area (Å²) in [6.07, 6.45) is 6.90. The first-order valence-corrected chi connectivity index (χ1v) is 8.05. The zero-order valence-electron chi connectivity index (χ0n) is 13.9. The smallest absolute Gasteiger partial charge is 0.248 e. The summed E-state index contributed by atoms with van der Waals surface area (Å²) in [7, 11) is 1.91. The standard InChI is InChI=1S/C16H24N6O/c1-12(14-11-19-21(3)13(14)2)20-15(23)16(5-8-17-9-6-16)22-10-4-7-18-22/h4,7,10-12,17H,5-6,8-9H2,1-3H3,(H,20,23). The third-order valence-corrected chi connectivity index (χ3v) is 4.88. The Kier molecular flexibility index (Phi) is 4.21. The summed E-state index contributed by atoms with van der Waals surface area (Å²) in [5.74, 6) is 0.0263. The van der Waals surface area contributed by atoms with Crippen molar-refractivity contribution in [2.75, 3.05) is 13.1 Å². The zero-order valence-corrected chi connectivity index (χ0v) is 13.9. The number of carbonyl (C=O) groups is 1. The Labute approximate surface area is 136 Å². The molecule has 1 amide bonds. The van der Waals surface area contributed by atoms with Crippen molar-refractivity contribution in [3.05, 3.63) is 35.9 Å². The largest absolute Gasteiger partial charge is 0.347 e. The summed E-state index contributed by atoms with van der Waals surface area (Å²) in [4.78, 5) is 13.1. The number of aromatic nitrogens is 4. The Morgan fingerprint density at radius 3 is 2.70 bits per heavy atom. The second-order valence-corrected chi connectivity index (χ2v) is 6.24. The summed E-state index contributed by atoms with van der Waals surface area (Å²) < 4.78 is 3.64. The number of hydrogen-bond acceptors (Lipinski definition) is 4. The first-order chi connectivity index (χ1) is 11.0. The number of rotatable bonds is 4. The van der Waals surface area contributed by atoms with Gasteiger partial charge in [-0.1, -0.05) is 0 Å². The third kappa shape index (κ3) is 2.76. The second-order valence-electron chi connectivity index (χ2n) is 6.24. The Hall–Kier alpha value is -2.15. The topological polar surface area (TPSA) is 76.8 Å². The Morgan fingerprint density at radius 2 is 2.13 bits per heavy atom. The molecule has 124 valence electrons. The van der Waals surface area contributed by atoms with E-state index in [9.17, 15) is 4.79 Å². The molecule has 23 heavy (non-hydrogen) atoms. The van der Waals surface area contributed by atoms with Crippen molar-refractivity contribution in [3.63, 3.8) is 0 Å². The molecule has 1 unspecified atom stereocenters. The van der Waals surface area contributed by atoms with Gasteiger partial charge in [-0.25, -0.2) is 0 Å². The van der Waals surface area contributed by atoms with E-state index in [1.54, 1.807) is 6.20 Å². The van der Waals surface area contributed by atoms with E-state index < -0.39 is 5.54 Å². The van der Waals surface area contributed by atoms with Crippen LogP contribution in [0.4, 0.5) is 0 Å². The minimum atomic E-state index is -0.612. The monoisotopic (exact) mass is 316 g/mol. The second kappa shape index (κ2) is 6.16. The van der Waals surface area contributed by atoms with Crippen molar-refractivity contribution in [1.82, 2.24) is 30.2 Å². The molecule has 7 heteroatoms. The Bertz CT molecular complexity index is 669. The lowest BCUT2D eigenvalue weighted by molar-refractivity contribution is -0.132. The molecule has 3 heterocycles. The lowest BCUT2D eigenvalue weighted by atomic mass is 9.87. The van der Waals surface area contributed by atoms with E-state index in [-0.39, 0.29) is 11.9 Å². The van der Waals surface area contributed by atoms with Crippen molar-refractivity contribution in [2.45, 2.75) is 38.3 Å². The minimum Gasteiger partial charge on any atom is -0.347 e. The maximum Gasteiger partial charge on any atom is 0.248 e. The molecule has 2 aromatic heterocycles. The predicted octanol–water partition coefficient (Wildman–Crippen LogP) is 0.881. The number of carbonyl (C=O) groups excluding carboxylic acids is 1. The van der Waals surface area contributed by atoms with Crippen LogP contribution >= 0.6 is 0 Å². The van der Waals surface area contributed by atoms with E-state index in [4.69, 9.17) is 0 Å². The first kappa shape index (κ1) is 15.7. The van der Waals surface area contributed by atoms with E-state index in [1.165, 1.54) is 0 Å². The average Bonchev–Trinajstić information content (AvgIpc) is 3.19.